The first-order valence-corrected chi connectivity index (χ1v) is 6.39. The number of nitrogens with zero attached hydrogens (tertiary/aromatic N) is 2. The second kappa shape index (κ2) is 6.39. The van der Waals surface area contributed by atoms with Crippen LogP contribution in [0.2, 0.25) is 0 Å². The first-order valence-electron chi connectivity index (χ1n) is 6.39. The Morgan fingerprint density at radius 3 is 2.78 bits per heavy atom. The molecule has 1 heterocycles. The summed E-state index contributed by atoms with van der Waals surface area (Å²) in [6.45, 7) is 6.12. The number of carbonyl (C=O) groups is 2. The lowest BCUT2D eigenvalue weighted by molar-refractivity contribution is -0.134. The maximum atomic E-state index is 12.3. The molecule has 0 aromatic heterocycles. The van der Waals surface area contributed by atoms with Gasteiger partial charge in [0.05, 0.1) is 18.0 Å². The largest absolute Gasteiger partial charge is 0.447 e. The summed E-state index contributed by atoms with van der Waals surface area (Å²) in [7, 11) is 0. The smallest absolute Gasteiger partial charge is 0.416 e. The van der Waals surface area contributed by atoms with E-state index in [2.05, 4.69) is 0 Å². The summed E-state index contributed by atoms with van der Waals surface area (Å²) >= 11 is 0. The van der Waals surface area contributed by atoms with Crippen LogP contribution in [0.3, 0.4) is 0 Å². The van der Waals surface area contributed by atoms with Crippen LogP contribution in [0, 0.1) is 23.2 Å². The molecule has 1 aliphatic heterocycles. The van der Waals surface area contributed by atoms with Crippen molar-refractivity contribution in [2.75, 3.05) is 6.61 Å². The van der Waals surface area contributed by atoms with Crippen molar-refractivity contribution in [1.29, 1.82) is 5.26 Å². The Morgan fingerprint density at radius 1 is 1.61 bits per heavy atom. The van der Waals surface area contributed by atoms with E-state index in [9.17, 15) is 9.59 Å². The molecule has 0 bridgehead atoms. The number of rotatable bonds is 5. The zero-order chi connectivity index (χ0) is 13.7. The fourth-order valence-electron chi connectivity index (χ4n) is 2.15. The molecule has 1 aliphatic rings. The summed E-state index contributed by atoms with van der Waals surface area (Å²) in [5.41, 5.74) is 0. The third-order valence-corrected chi connectivity index (χ3v) is 3.24. The summed E-state index contributed by atoms with van der Waals surface area (Å²) in [6, 6.07) is 1.81. The molecular weight excluding hydrogens is 232 g/mol. The third kappa shape index (κ3) is 3.00. The highest BCUT2D eigenvalue weighted by Crippen LogP contribution is 2.24. The number of nitriles is 1. The highest BCUT2D eigenvalue weighted by molar-refractivity contribution is 5.94. The van der Waals surface area contributed by atoms with Crippen LogP contribution in [-0.2, 0) is 9.53 Å². The molecule has 0 aromatic carbocycles. The van der Waals surface area contributed by atoms with Crippen LogP contribution < -0.4 is 0 Å². The molecule has 1 saturated heterocycles. The average molecular weight is 252 g/mol. The van der Waals surface area contributed by atoms with Gasteiger partial charge in [0.2, 0.25) is 5.91 Å². The van der Waals surface area contributed by atoms with Gasteiger partial charge in [0.25, 0.3) is 0 Å². The molecule has 0 radical (unpaired) electrons. The molecule has 2 amide bonds. The number of imide groups is 1. The van der Waals surface area contributed by atoms with E-state index in [0.29, 0.717) is 6.42 Å². The van der Waals surface area contributed by atoms with Gasteiger partial charge in [-0.2, -0.15) is 5.26 Å². The van der Waals surface area contributed by atoms with Crippen LogP contribution in [0.15, 0.2) is 0 Å². The van der Waals surface area contributed by atoms with E-state index in [-0.39, 0.29) is 30.9 Å². The Balaban J connectivity index is 2.85. The molecule has 0 N–H and O–H groups in total. The summed E-state index contributed by atoms with van der Waals surface area (Å²) < 4.78 is 4.95. The van der Waals surface area contributed by atoms with E-state index >= 15 is 0 Å². The Kier molecular flexibility index (Phi) is 5.14. The number of ether oxygens (including phenoxy) is 1. The highest BCUT2D eigenvalue weighted by atomic mass is 16.6. The minimum absolute atomic E-state index is 0.154. The molecule has 0 aliphatic carbocycles. The second-order valence-corrected chi connectivity index (χ2v) is 4.94. The van der Waals surface area contributed by atoms with E-state index in [0.717, 1.165) is 6.42 Å². The van der Waals surface area contributed by atoms with Gasteiger partial charge in [-0.25, -0.2) is 9.69 Å². The Morgan fingerprint density at radius 2 is 2.28 bits per heavy atom. The van der Waals surface area contributed by atoms with Crippen LogP contribution in [-0.4, -0.2) is 29.5 Å². The fraction of sp³-hybridized carbons (Fsp3) is 0.769. The van der Waals surface area contributed by atoms with Gasteiger partial charge in [-0.15, -0.1) is 0 Å². The predicted octanol–water partition coefficient (Wildman–Crippen LogP) is 2.32. The van der Waals surface area contributed by atoms with Crippen molar-refractivity contribution in [2.45, 2.75) is 46.1 Å². The van der Waals surface area contributed by atoms with Crippen molar-refractivity contribution in [3.8, 4) is 6.07 Å². The van der Waals surface area contributed by atoms with Crippen molar-refractivity contribution in [3.05, 3.63) is 0 Å². The zero-order valence-electron chi connectivity index (χ0n) is 11.2. The topological polar surface area (TPSA) is 70.4 Å². The predicted molar refractivity (Wildman–Crippen MR) is 65.4 cm³/mol. The molecule has 0 spiro atoms. The van der Waals surface area contributed by atoms with Crippen molar-refractivity contribution in [3.63, 3.8) is 0 Å². The lowest BCUT2D eigenvalue weighted by atomic mass is 9.96. The van der Waals surface area contributed by atoms with Crippen molar-refractivity contribution < 1.29 is 14.3 Å². The maximum Gasteiger partial charge on any atom is 0.416 e. The van der Waals surface area contributed by atoms with Gasteiger partial charge < -0.3 is 4.74 Å². The van der Waals surface area contributed by atoms with Gasteiger partial charge in [-0.3, -0.25) is 4.79 Å². The Labute approximate surface area is 108 Å². The Hall–Kier alpha value is -1.57. The maximum absolute atomic E-state index is 12.3. The first-order chi connectivity index (χ1) is 8.52. The molecule has 1 fully saturated rings. The summed E-state index contributed by atoms with van der Waals surface area (Å²) in [5, 5.41) is 8.76. The van der Waals surface area contributed by atoms with Gasteiger partial charge in [0.15, 0.2) is 0 Å². The lowest BCUT2D eigenvalue weighted by Gasteiger charge is -2.25. The van der Waals surface area contributed by atoms with Crippen LogP contribution in [0.4, 0.5) is 4.79 Å². The Bertz CT molecular complexity index is 360. The van der Waals surface area contributed by atoms with Crippen molar-refractivity contribution >= 4 is 12.0 Å². The lowest BCUT2D eigenvalue weighted by Crippen LogP contribution is -2.44. The SMILES string of the molecule is CCC[C@H](CC#N)C(=O)N1C(=O)OC[C@@H]1C(C)C. The standard InChI is InChI=1S/C13H20N2O3/c1-4-5-10(6-7-14)12(16)15-11(9(2)3)8-18-13(15)17/h9-11H,4-6,8H2,1-3H3/t10-,11-/m1/s1. The van der Waals surface area contributed by atoms with Gasteiger partial charge >= 0.3 is 6.09 Å². The molecular formula is C13H20N2O3. The van der Waals surface area contributed by atoms with Crippen LogP contribution >= 0.6 is 0 Å². The van der Waals surface area contributed by atoms with Crippen LogP contribution in [0.1, 0.15) is 40.0 Å². The van der Waals surface area contributed by atoms with Gasteiger partial charge in [-0.1, -0.05) is 27.2 Å². The number of amides is 2. The van der Waals surface area contributed by atoms with E-state index in [1.54, 1.807) is 0 Å². The van der Waals surface area contributed by atoms with E-state index in [4.69, 9.17) is 10.00 Å². The minimum atomic E-state index is -0.572. The third-order valence-electron chi connectivity index (χ3n) is 3.24. The van der Waals surface area contributed by atoms with Crippen LogP contribution in [0.25, 0.3) is 0 Å². The number of hydrogen-bond acceptors (Lipinski definition) is 4. The van der Waals surface area contributed by atoms with Crippen molar-refractivity contribution in [1.82, 2.24) is 4.90 Å². The van der Waals surface area contributed by atoms with E-state index < -0.39 is 12.0 Å². The van der Waals surface area contributed by atoms with Crippen molar-refractivity contribution in [2.24, 2.45) is 11.8 Å². The molecule has 100 valence electrons. The highest BCUT2D eigenvalue weighted by Gasteiger charge is 2.41. The normalized spacial score (nSPS) is 20.7. The fourth-order valence-corrected chi connectivity index (χ4v) is 2.15. The summed E-state index contributed by atoms with van der Waals surface area (Å²) in [4.78, 5) is 25.2. The number of cyclic esters (lactones) is 1. The molecule has 0 aromatic rings. The summed E-state index contributed by atoms with van der Waals surface area (Å²) in [5.74, 6) is -0.503. The number of hydrogen-bond donors (Lipinski definition) is 0. The molecule has 18 heavy (non-hydrogen) atoms. The molecule has 0 saturated carbocycles. The minimum Gasteiger partial charge on any atom is -0.447 e. The van der Waals surface area contributed by atoms with E-state index in [1.165, 1.54) is 4.90 Å². The molecule has 1 rings (SSSR count). The monoisotopic (exact) mass is 252 g/mol. The molecule has 5 nitrogen and oxygen atoms in total. The molecule has 2 atom stereocenters. The quantitative estimate of drug-likeness (QED) is 0.752. The molecule has 5 heteroatoms. The van der Waals surface area contributed by atoms with Crippen LogP contribution in [0.5, 0.6) is 0 Å². The second-order valence-electron chi connectivity index (χ2n) is 4.94. The molecule has 0 unspecified atom stereocenters. The van der Waals surface area contributed by atoms with Gasteiger partial charge in [0.1, 0.15) is 6.61 Å². The van der Waals surface area contributed by atoms with Gasteiger partial charge in [-0.05, 0) is 12.3 Å². The van der Waals surface area contributed by atoms with E-state index in [1.807, 2.05) is 26.8 Å². The summed E-state index contributed by atoms with van der Waals surface area (Å²) in [6.07, 6.45) is 1.02. The average Bonchev–Trinajstić information content (AvgIpc) is 2.70. The zero-order valence-corrected chi connectivity index (χ0v) is 11.2. The number of carbonyl (C=O) groups excluding carboxylic acids is 2. The first kappa shape index (κ1) is 14.5. The van der Waals surface area contributed by atoms with Gasteiger partial charge in [0, 0.05) is 6.42 Å².